The van der Waals surface area contributed by atoms with Crippen molar-refractivity contribution in [1.82, 2.24) is 5.32 Å². The van der Waals surface area contributed by atoms with E-state index in [4.69, 9.17) is 4.74 Å². The van der Waals surface area contributed by atoms with Crippen molar-refractivity contribution in [2.75, 3.05) is 18.5 Å². The average Bonchev–Trinajstić information content (AvgIpc) is 2.52. The zero-order valence-corrected chi connectivity index (χ0v) is 13.8. The van der Waals surface area contributed by atoms with Crippen LogP contribution in [0, 0.1) is 13.8 Å². The molecular formula is C18H28N2O2. The first kappa shape index (κ1) is 16.8. The lowest BCUT2D eigenvalue weighted by atomic mass is 9.98. The van der Waals surface area contributed by atoms with Crippen LogP contribution in [0.5, 0.6) is 0 Å². The van der Waals surface area contributed by atoms with E-state index in [0.29, 0.717) is 12.6 Å². The van der Waals surface area contributed by atoms with Gasteiger partial charge in [-0.1, -0.05) is 37.5 Å². The lowest BCUT2D eigenvalue weighted by Crippen LogP contribution is -2.31. The Morgan fingerprint density at radius 3 is 2.55 bits per heavy atom. The molecule has 1 aromatic rings. The third kappa shape index (κ3) is 5.34. The fourth-order valence-electron chi connectivity index (χ4n) is 2.93. The van der Waals surface area contributed by atoms with Crippen molar-refractivity contribution in [3.63, 3.8) is 0 Å². The summed E-state index contributed by atoms with van der Waals surface area (Å²) in [5.41, 5.74) is 3.06. The summed E-state index contributed by atoms with van der Waals surface area (Å²) >= 11 is 0. The van der Waals surface area contributed by atoms with Crippen LogP contribution in [0.2, 0.25) is 0 Å². The second-order valence-electron chi connectivity index (χ2n) is 6.13. The van der Waals surface area contributed by atoms with Gasteiger partial charge in [0.25, 0.3) is 0 Å². The number of anilines is 1. The normalized spacial score (nSPS) is 15.5. The number of hydrogen-bond donors (Lipinski definition) is 2. The molecule has 0 atom stereocenters. The van der Waals surface area contributed by atoms with E-state index in [2.05, 4.69) is 10.6 Å². The Morgan fingerprint density at radius 1 is 1.18 bits per heavy atom. The minimum absolute atomic E-state index is 0.143. The second-order valence-corrected chi connectivity index (χ2v) is 6.13. The summed E-state index contributed by atoms with van der Waals surface area (Å²) in [7, 11) is 0. The molecule has 1 aliphatic rings. The topological polar surface area (TPSA) is 50.4 Å². The molecule has 22 heavy (non-hydrogen) atoms. The van der Waals surface area contributed by atoms with Crippen molar-refractivity contribution in [2.24, 2.45) is 0 Å². The minimum atomic E-state index is -0.143. The Morgan fingerprint density at radius 2 is 1.86 bits per heavy atom. The van der Waals surface area contributed by atoms with Gasteiger partial charge in [0, 0.05) is 18.8 Å². The largest absolute Gasteiger partial charge is 0.378 e. The van der Waals surface area contributed by atoms with Crippen LogP contribution in [0.25, 0.3) is 0 Å². The van der Waals surface area contributed by atoms with Crippen LogP contribution in [0.3, 0.4) is 0 Å². The molecule has 0 saturated heterocycles. The molecule has 0 spiro atoms. The number of aryl methyl sites for hydroxylation is 2. The van der Waals surface area contributed by atoms with Crippen LogP contribution >= 0.6 is 0 Å². The molecule has 0 heterocycles. The first-order chi connectivity index (χ1) is 10.7. The van der Waals surface area contributed by atoms with E-state index in [1.807, 2.05) is 32.0 Å². The van der Waals surface area contributed by atoms with Gasteiger partial charge in [-0.25, -0.2) is 4.79 Å². The van der Waals surface area contributed by atoms with E-state index in [1.165, 1.54) is 32.1 Å². The number of ether oxygens (including phenoxy) is 1. The molecule has 2 amide bonds. The maximum absolute atomic E-state index is 11.9. The lowest BCUT2D eigenvalue weighted by molar-refractivity contribution is 0.0276. The van der Waals surface area contributed by atoms with E-state index in [1.54, 1.807) is 0 Å². The van der Waals surface area contributed by atoms with Crippen LogP contribution < -0.4 is 10.6 Å². The van der Waals surface area contributed by atoms with Crippen LogP contribution in [0.15, 0.2) is 18.2 Å². The highest BCUT2D eigenvalue weighted by Gasteiger charge is 2.13. The molecule has 0 radical (unpaired) electrons. The molecule has 1 fully saturated rings. The number of carbonyl (C=O) groups is 1. The van der Waals surface area contributed by atoms with Crippen molar-refractivity contribution >= 4 is 11.7 Å². The Hall–Kier alpha value is -1.55. The fraction of sp³-hybridized carbons (Fsp3) is 0.611. The lowest BCUT2D eigenvalue weighted by Gasteiger charge is -2.22. The van der Waals surface area contributed by atoms with Crippen molar-refractivity contribution in [1.29, 1.82) is 0 Å². The number of urea groups is 1. The molecular weight excluding hydrogens is 276 g/mol. The number of hydrogen-bond acceptors (Lipinski definition) is 2. The maximum atomic E-state index is 11.9. The molecule has 122 valence electrons. The van der Waals surface area contributed by atoms with Crippen molar-refractivity contribution in [3.05, 3.63) is 29.3 Å². The molecule has 1 aromatic carbocycles. The summed E-state index contributed by atoms with van der Waals surface area (Å²) in [5.74, 6) is 0. The van der Waals surface area contributed by atoms with Crippen LogP contribution in [0.4, 0.5) is 10.5 Å². The number of rotatable bonds is 6. The number of carbonyl (C=O) groups excluding carboxylic acids is 1. The minimum Gasteiger partial charge on any atom is -0.378 e. The number of para-hydroxylation sites is 1. The predicted molar refractivity (Wildman–Crippen MR) is 90.4 cm³/mol. The van der Waals surface area contributed by atoms with Gasteiger partial charge in [-0.05, 0) is 44.2 Å². The molecule has 2 N–H and O–H groups in total. The average molecular weight is 304 g/mol. The van der Waals surface area contributed by atoms with E-state index in [9.17, 15) is 4.79 Å². The smallest absolute Gasteiger partial charge is 0.319 e. The number of benzene rings is 1. The predicted octanol–water partition coefficient (Wildman–Crippen LogP) is 4.16. The fourth-order valence-corrected chi connectivity index (χ4v) is 2.93. The van der Waals surface area contributed by atoms with Crippen molar-refractivity contribution in [3.8, 4) is 0 Å². The van der Waals surface area contributed by atoms with Gasteiger partial charge in [0.1, 0.15) is 0 Å². The van der Waals surface area contributed by atoms with Gasteiger partial charge < -0.3 is 15.4 Å². The second kappa shape index (κ2) is 8.79. The zero-order valence-electron chi connectivity index (χ0n) is 13.8. The number of nitrogens with one attached hydrogen (secondary N) is 2. The van der Waals surface area contributed by atoms with Gasteiger partial charge in [0.2, 0.25) is 0 Å². The third-order valence-corrected chi connectivity index (χ3v) is 4.23. The summed E-state index contributed by atoms with van der Waals surface area (Å²) in [4.78, 5) is 11.9. The van der Waals surface area contributed by atoms with Crippen molar-refractivity contribution < 1.29 is 9.53 Å². The van der Waals surface area contributed by atoms with Crippen LogP contribution in [-0.2, 0) is 4.74 Å². The van der Waals surface area contributed by atoms with Gasteiger partial charge in [0.05, 0.1) is 6.10 Å². The van der Waals surface area contributed by atoms with Gasteiger partial charge >= 0.3 is 6.03 Å². The molecule has 0 unspecified atom stereocenters. The molecule has 1 aliphatic carbocycles. The molecule has 2 rings (SSSR count). The summed E-state index contributed by atoms with van der Waals surface area (Å²) in [6.45, 7) is 5.37. The quantitative estimate of drug-likeness (QED) is 0.775. The first-order valence-corrected chi connectivity index (χ1v) is 8.39. The van der Waals surface area contributed by atoms with Crippen LogP contribution in [-0.4, -0.2) is 25.3 Å². The summed E-state index contributed by atoms with van der Waals surface area (Å²) in [6, 6.07) is 5.85. The monoisotopic (exact) mass is 304 g/mol. The molecule has 0 aromatic heterocycles. The Labute approximate surface area is 133 Å². The Balaban J connectivity index is 1.61. The third-order valence-electron chi connectivity index (χ3n) is 4.23. The summed E-state index contributed by atoms with van der Waals surface area (Å²) in [5, 5.41) is 5.82. The standard InChI is InChI=1S/C18H28N2O2/c1-14-8-6-9-15(2)17(14)20-18(21)19-12-7-13-22-16-10-4-3-5-11-16/h6,8-9,16H,3-5,7,10-13H2,1-2H3,(H2,19,20,21). The maximum Gasteiger partial charge on any atom is 0.319 e. The van der Waals surface area contributed by atoms with E-state index in [0.717, 1.165) is 29.8 Å². The highest BCUT2D eigenvalue weighted by atomic mass is 16.5. The highest BCUT2D eigenvalue weighted by molar-refractivity contribution is 5.90. The zero-order chi connectivity index (χ0) is 15.8. The molecule has 4 nitrogen and oxygen atoms in total. The SMILES string of the molecule is Cc1cccc(C)c1NC(=O)NCCCOC1CCCCC1. The van der Waals surface area contributed by atoms with Crippen molar-refractivity contribution in [2.45, 2.75) is 58.5 Å². The Bertz CT molecular complexity index is 462. The van der Waals surface area contributed by atoms with Gasteiger partial charge in [-0.15, -0.1) is 0 Å². The van der Waals surface area contributed by atoms with Crippen LogP contribution in [0.1, 0.15) is 49.7 Å². The molecule has 1 saturated carbocycles. The van der Waals surface area contributed by atoms with E-state index >= 15 is 0 Å². The first-order valence-electron chi connectivity index (χ1n) is 8.39. The highest BCUT2D eigenvalue weighted by Crippen LogP contribution is 2.20. The van der Waals surface area contributed by atoms with Gasteiger partial charge in [0.15, 0.2) is 0 Å². The van der Waals surface area contributed by atoms with E-state index < -0.39 is 0 Å². The summed E-state index contributed by atoms with van der Waals surface area (Å²) in [6.07, 6.45) is 7.62. The molecule has 0 aliphatic heterocycles. The Kier molecular flexibility index (Phi) is 6.72. The van der Waals surface area contributed by atoms with Gasteiger partial charge in [-0.3, -0.25) is 0 Å². The van der Waals surface area contributed by atoms with Gasteiger partial charge in [-0.2, -0.15) is 0 Å². The number of amides is 2. The van der Waals surface area contributed by atoms with E-state index in [-0.39, 0.29) is 6.03 Å². The summed E-state index contributed by atoms with van der Waals surface area (Å²) < 4.78 is 5.85. The molecule has 0 bridgehead atoms. The molecule has 4 heteroatoms.